The predicted octanol–water partition coefficient (Wildman–Crippen LogP) is 3.06. The van der Waals surface area contributed by atoms with Crippen LogP contribution >= 0.6 is 0 Å². The minimum Gasteiger partial charge on any atom is -0.351 e. The Labute approximate surface area is 224 Å². The van der Waals surface area contributed by atoms with Gasteiger partial charge in [0.25, 0.3) is 0 Å². The highest BCUT2D eigenvalue weighted by atomic mass is 16.2. The van der Waals surface area contributed by atoms with Crippen LogP contribution in [0, 0.1) is 5.41 Å². The number of carbonyl (C=O) groups is 4. The van der Waals surface area contributed by atoms with E-state index >= 15 is 0 Å². The molecule has 0 unspecified atom stereocenters. The van der Waals surface area contributed by atoms with E-state index in [0.29, 0.717) is 25.8 Å². The van der Waals surface area contributed by atoms with Gasteiger partial charge in [-0.05, 0) is 37.6 Å². The monoisotopic (exact) mass is 523 g/mol. The van der Waals surface area contributed by atoms with Gasteiger partial charge in [0.1, 0.15) is 12.1 Å². The van der Waals surface area contributed by atoms with Crippen molar-refractivity contribution in [3.05, 3.63) is 0 Å². The molecule has 1 aliphatic heterocycles. The lowest BCUT2D eigenvalue weighted by atomic mass is 9.85. The number of unbranched alkanes of at least 4 members (excludes halogenated alkanes) is 9. The highest BCUT2D eigenvalue weighted by Crippen LogP contribution is 2.21. The molecule has 0 aliphatic carbocycles. The van der Waals surface area contributed by atoms with Crippen molar-refractivity contribution in [2.75, 3.05) is 13.1 Å². The van der Waals surface area contributed by atoms with Crippen molar-refractivity contribution in [2.45, 2.75) is 136 Å². The van der Waals surface area contributed by atoms with Crippen LogP contribution in [-0.4, -0.2) is 54.8 Å². The maximum Gasteiger partial charge on any atom is 0.243 e. The van der Waals surface area contributed by atoms with Gasteiger partial charge in [-0.25, -0.2) is 0 Å². The molecule has 3 atom stereocenters. The van der Waals surface area contributed by atoms with Gasteiger partial charge >= 0.3 is 0 Å². The zero-order valence-corrected chi connectivity index (χ0v) is 23.8. The van der Waals surface area contributed by atoms with Gasteiger partial charge in [0.05, 0.1) is 6.54 Å². The van der Waals surface area contributed by atoms with Crippen LogP contribution < -0.4 is 27.0 Å². The van der Waals surface area contributed by atoms with Crippen molar-refractivity contribution in [2.24, 2.45) is 11.1 Å². The molecule has 0 spiro atoms. The van der Waals surface area contributed by atoms with Gasteiger partial charge in [0.2, 0.25) is 23.6 Å². The summed E-state index contributed by atoms with van der Waals surface area (Å²) in [4.78, 5) is 51.6. The van der Waals surface area contributed by atoms with Crippen molar-refractivity contribution in [1.29, 1.82) is 0 Å². The fourth-order valence-corrected chi connectivity index (χ4v) is 4.61. The number of nitrogens with two attached hydrogens (primary N) is 1. The summed E-state index contributed by atoms with van der Waals surface area (Å²) in [6.07, 6.45) is 13.3. The lowest BCUT2D eigenvalue weighted by molar-refractivity contribution is -0.134. The first kappa shape index (κ1) is 32.9. The second-order valence-corrected chi connectivity index (χ2v) is 11.5. The van der Waals surface area contributed by atoms with E-state index in [1.54, 1.807) is 0 Å². The van der Waals surface area contributed by atoms with E-state index in [1.807, 2.05) is 20.8 Å². The van der Waals surface area contributed by atoms with Gasteiger partial charge < -0.3 is 27.0 Å². The van der Waals surface area contributed by atoms with Crippen LogP contribution in [0.4, 0.5) is 0 Å². The molecule has 1 fully saturated rings. The molecule has 0 radical (unpaired) electrons. The van der Waals surface area contributed by atoms with Gasteiger partial charge in [-0.3, -0.25) is 19.2 Å². The Kier molecular flexibility index (Phi) is 16.1. The summed E-state index contributed by atoms with van der Waals surface area (Å²) in [6, 6.07) is -1.96. The lowest BCUT2D eigenvalue weighted by Gasteiger charge is -2.33. The molecule has 1 heterocycles. The maximum atomic E-state index is 13.4. The molecule has 0 bridgehead atoms. The van der Waals surface area contributed by atoms with E-state index < -0.39 is 29.3 Å². The summed E-state index contributed by atoms with van der Waals surface area (Å²) in [5.74, 6) is -1.42. The molecule has 37 heavy (non-hydrogen) atoms. The Morgan fingerprint density at radius 3 is 1.92 bits per heavy atom. The molecule has 6 N–H and O–H groups in total. The number of hydrogen-bond donors (Lipinski definition) is 5. The Hall–Kier alpha value is -2.16. The third-order valence-corrected chi connectivity index (χ3v) is 6.89. The van der Waals surface area contributed by atoms with E-state index in [2.05, 4.69) is 28.2 Å². The molecule has 214 valence electrons. The van der Waals surface area contributed by atoms with E-state index in [1.165, 1.54) is 38.5 Å². The second kappa shape index (κ2) is 18.2. The summed E-state index contributed by atoms with van der Waals surface area (Å²) in [6.45, 7) is 8.17. The molecular weight excluding hydrogens is 470 g/mol. The summed E-state index contributed by atoms with van der Waals surface area (Å²) in [7, 11) is 0. The van der Waals surface area contributed by atoms with Crippen molar-refractivity contribution in [3.63, 3.8) is 0 Å². The number of amides is 4. The first-order chi connectivity index (χ1) is 17.6. The molecule has 0 aromatic rings. The van der Waals surface area contributed by atoms with Crippen molar-refractivity contribution >= 4 is 23.6 Å². The minimum absolute atomic E-state index is 0.0980. The Bertz CT molecular complexity index is 707. The van der Waals surface area contributed by atoms with E-state index in [9.17, 15) is 19.2 Å². The number of rotatable bonds is 14. The SMILES string of the molecule is CCCCCCCCCCC[C@@H]1CC(=O)NCC(=O)N[C@@H](CCCCN)C(=O)N[C@@H](C(C)(C)C)C(=O)N1. The summed E-state index contributed by atoms with van der Waals surface area (Å²) >= 11 is 0. The topological polar surface area (TPSA) is 142 Å². The lowest BCUT2D eigenvalue weighted by Crippen LogP contribution is -2.59. The molecule has 1 rings (SSSR count). The maximum absolute atomic E-state index is 13.4. The van der Waals surface area contributed by atoms with Gasteiger partial charge in [0, 0.05) is 12.5 Å². The van der Waals surface area contributed by atoms with Crippen molar-refractivity contribution in [3.8, 4) is 0 Å². The zero-order chi connectivity index (χ0) is 27.7. The molecule has 0 saturated carbocycles. The van der Waals surface area contributed by atoms with Gasteiger partial charge in [-0.2, -0.15) is 0 Å². The fraction of sp³-hybridized carbons (Fsp3) is 0.857. The summed E-state index contributed by atoms with van der Waals surface area (Å²) in [5.41, 5.74) is 5.02. The van der Waals surface area contributed by atoms with Crippen LogP contribution in [0.2, 0.25) is 0 Å². The number of carbonyl (C=O) groups excluding carboxylic acids is 4. The molecule has 9 nitrogen and oxygen atoms in total. The van der Waals surface area contributed by atoms with Crippen LogP contribution in [-0.2, 0) is 19.2 Å². The van der Waals surface area contributed by atoms with Crippen LogP contribution in [0.15, 0.2) is 0 Å². The van der Waals surface area contributed by atoms with Crippen LogP contribution in [0.3, 0.4) is 0 Å². The third-order valence-electron chi connectivity index (χ3n) is 6.89. The molecule has 4 amide bonds. The first-order valence-corrected chi connectivity index (χ1v) is 14.4. The average molecular weight is 524 g/mol. The first-order valence-electron chi connectivity index (χ1n) is 14.4. The second-order valence-electron chi connectivity index (χ2n) is 11.5. The Balaban J connectivity index is 2.85. The van der Waals surface area contributed by atoms with E-state index in [-0.39, 0.29) is 30.8 Å². The standard InChI is InChI=1S/C28H53N5O4/c1-5-6-7-8-9-10-11-12-13-16-21-19-23(34)30-20-24(35)32-22(17-14-15-18-29)26(36)33-25(27(37)31-21)28(2,3)4/h21-22,25H,5-20,29H2,1-4H3,(H,30,34)(H,31,37)(H,32,35)(H,33,36)/t21-,22+,25-/m1/s1. The van der Waals surface area contributed by atoms with Crippen LogP contribution in [0.5, 0.6) is 0 Å². The van der Waals surface area contributed by atoms with E-state index in [0.717, 1.165) is 25.7 Å². The van der Waals surface area contributed by atoms with Gasteiger partial charge in [-0.1, -0.05) is 85.5 Å². The van der Waals surface area contributed by atoms with Gasteiger partial charge in [-0.15, -0.1) is 0 Å². The van der Waals surface area contributed by atoms with E-state index in [4.69, 9.17) is 5.73 Å². The third kappa shape index (κ3) is 14.4. The van der Waals surface area contributed by atoms with Crippen molar-refractivity contribution in [1.82, 2.24) is 21.3 Å². The molecule has 1 aliphatic rings. The molecule has 0 aromatic carbocycles. The fourth-order valence-electron chi connectivity index (χ4n) is 4.61. The molecular formula is C28H53N5O4. The smallest absolute Gasteiger partial charge is 0.243 e. The van der Waals surface area contributed by atoms with Crippen LogP contribution in [0.25, 0.3) is 0 Å². The molecule has 1 saturated heterocycles. The zero-order valence-electron chi connectivity index (χ0n) is 23.8. The average Bonchev–Trinajstić information content (AvgIpc) is 2.83. The largest absolute Gasteiger partial charge is 0.351 e. The quantitative estimate of drug-likeness (QED) is 0.222. The number of hydrogen-bond acceptors (Lipinski definition) is 5. The Morgan fingerprint density at radius 1 is 0.730 bits per heavy atom. The minimum atomic E-state index is -0.802. The van der Waals surface area contributed by atoms with Crippen LogP contribution in [0.1, 0.15) is 118 Å². The summed E-state index contributed by atoms with van der Waals surface area (Å²) < 4.78 is 0. The highest BCUT2D eigenvalue weighted by molar-refractivity contribution is 5.94. The predicted molar refractivity (Wildman–Crippen MR) is 148 cm³/mol. The Morgan fingerprint density at radius 2 is 1.32 bits per heavy atom. The summed E-state index contributed by atoms with van der Waals surface area (Å²) in [5, 5.41) is 11.3. The highest BCUT2D eigenvalue weighted by Gasteiger charge is 2.36. The van der Waals surface area contributed by atoms with Crippen molar-refractivity contribution < 1.29 is 19.2 Å². The normalized spacial score (nSPS) is 22.1. The van der Waals surface area contributed by atoms with Gasteiger partial charge in [0.15, 0.2) is 0 Å². The molecule has 9 heteroatoms. The molecule has 0 aromatic heterocycles. The number of nitrogens with one attached hydrogen (secondary N) is 4.